The molecule has 0 atom stereocenters. The van der Waals surface area contributed by atoms with Crippen molar-refractivity contribution in [2.75, 3.05) is 4.72 Å². The van der Waals surface area contributed by atoms with E-state index in [1.807, 2.05) is 0 Å². The van der Waals surface area contributed by atoms with Crippen molar-refractivity contribution in [1.82, 2.24) is 10.2 Å². The fraction of sp³-hybridized carbons (Fsp3) is 0. The molecule has 0 bridgehead atoms. The molecule has 22 heavy (non-hydrogen) atoms. The molecule has 0 amide bonds. The molecule has 3 aromatic rings. The molecule has 1 N–H and O–H groups in total. The standard InChI is InChI=1S/C12H7ClFN3O4S/c13-8-6-7(3-4-9(8)14)22(18,19)17-12-16-15-11(21-12)10-2-1-5-20-10/h1-6H,(H,16,17). The minimum Gasteiger partial charge on any atom is -0.459 e. The van der Waals surface area contributed by atoms with Crippen LogP contribution in [-0.2, 0) is 10.0 Å². The fourth-order valence-corrected chi connectivity index (χ4v) is 2.78. The van der Waals surface area contributed by atoms with Gasteiger partial charge in [-0.1, -0.05) is 16.7 Å². The molecule has 0 unspecified atom stereocenters. The van der Waals surface area contributed by atoms with Gasteiger partial charge in [0.2, 0.25) is 0 Å². The quantitative estimate of drug-likeness (QED) is 0.782. The molecular weight excluding hydrogens is 337 g/mol. The first-order chi connectivity index (χ1) is 10.5. The first-order valence-corrected chi connectivity index (χ1v) is 7.67. The molecule has 0 saturated carbocycles. The van der Waals surface area contributed by atoms with E-state index in [1.165, 1.54) is 6.26 Å². The second kappa shape index (κ2) is 5.43. The van der Waals surface area contributed by atoms with Crippen molar-refractivity contribution < 1.29 is 21.6 Å². The SMILES string of the molecule is O=S(=O)(Nc1nnc(-c2ccco2)o1)c1ccc(F)c(Cl)c1. The van der Waals surface area contributed by atoms with Crippen LogP contribution in [0.1, 0.15) is 0 Å². The van der Waals surface area contributed by atoms with Gasteiger partial charge in [0, 0.05) is 0 Å². The Morgan fingerprint density at radius 1 is 1.23 bits per heavy atom. The lowest BCUT2D eigenvalue weighted by Gasteiger charge is -2.04. The summed E-state index contributed by atoms with van der Waals surface area (Å²) >= 11 is 5.56. The summed E-state index contributed by atoms with van der Waals surface area (Å²) in [5, 5.41) is 6.88. The third-order valence-corrected chi connectivity index (χ3v) is 4.19. The van der Waals surface area contributed by atoms with E-state index in [-0.39, 0.29) is 21.8 Å². The molecule has 0 spiro atoms. The molecule has 0 aliphatic rings. The molecule has 2 aromatic heterocycles. The molecule has 10 heteroatoms. The van der Waals surface area contributed by atoms with Gasteiger partial charge in [-0.25, -0.2) is 17.5 Å². The Morgan fingerprint density at radius 2 is 2.05 bits per heavy atom. The Kier molecular flexibility index (Phi) is 3.59. The Morgan fingerprint density at radius 3 is 2.73 bits per heavy atom. The highest BCUT2D eigenvalue weighted by molar-refractivity contribution is 7.92. The minimum absolute atomic E-state index is 0.0137. The van der Waals surface area contributed by atoms with E-state index < -0.39 is 15.8 Å². The van der Waals surface area contributed by atoms with Crippen molar-refractivity contribution in [3.8, 4) is 11.7 Å². The smallest absolute Gasteiger partial charge is 0.330 e. The molecule has 0 aliphatic heterocycles. The molecule has 0 radical (unpaired) electrons. The predicted octanol–water partition coefficient (Wildman–Crippen LogP) is 2.92. The van der Waals surface area contributed by atoms with E-state index >= 15 is 0 Å². The number of sulfonamides is 1. The summed E-state index contributed by atoms with van der Waals surface area (Å²) in [5.74, 6) is -0.416. The second-order valence-corrected chi connectivity index (χ2v) is 6.16. The molecule has 2 heterocycles. The number of benzene rings is 1. The molecule has 0 aliphatic carbocycles. The summed E-state index contributed by atoms with van der Waals surface area (Å²) in [6.07, 6.45) is 1.41. The van der Waals surface area contributed by atoms with Gasteiger partial charge in [-0.05, 0) is 30.3 Å². The molecule has 114 valence electrons. The summed E-state index contributed by atoms with van der Waals surface area (Å²) in [6, 6.07) is 5.82. The van der Waals surface area contributed by atoms with Crippen molar-refractivity contribution in [3.05, 3.63) is 47.4 Å². The van der Waals surface area contributed by atoms with Gasteiger partial charge in [-0.3, -0.25) is 0 Å². The summed E-state index contributed by atoms with van der Waals surface area (Å²) in [5.41, 5.74) is 0. The zero-order valence-corrected chi connectivity index (χ0v) is 12.2. The first kappa shape index (κ1) is 14.5. The monoisotopic (exact) mass is 343 g/mol. The van der Waals surface area contributed by atoms with Crippen LogP contribution in [-0.4, -0.2) is 18.6 Å². The van der Waals surface area contributed by atoms with E-state index in [0.717, 1.165) is 18.2 Å². The molecular formula is C12H7ClFN3O4S. The van der Waals surface area contributed by atoms with Crippen LogP contribution >= 0.6 is 11.6 Å². The van der Waals surface area contributed by atoms with Crippen LogP contribution in [0.15, 0.2) is 50.3 Å². The number of halogens is 2. The minimum atomic E-state index is -4.04. The number of nitrogens with zero attached hydrogens (tertiary/aromatic N) is 2. The van der Waals surface area contributed by atoms with Crippen molar-refractivity contribution in [3.63, 3.8) is 0 Å². The zero-order chi connectivity index (χ0) is 15.7. The number of hydrogen-bond donors (Lipinski definition) is 1. The number of nitrogens with one attached hydrogen (secondary N) is 1. The highest BCUT2D eigenvalue weighted by atomic mass is 35.5. The molecule has 0 saturated heterocycles. The van der Waals surface area contributed by atoms with Crippen LogP contribution in [0.3, 0.4) is 0 Å². The number of rotatable bonds is 4. The van der Waals surface area contributed by atoms with E-state index in [1.54, 1.807) is 12.1 Å². The molecule has 1 aromatic carbocycles. The third kappa shape index (κ3) is 2.81. The third-order valence-electron chi connectivity index (χ3n) is 2.58. The van der Waals surface area contributed by atoms with Crippen molar-refractivity contribution in [2.24, 2.45) is 0 Å². The van der Waals surface area contributed by atoms with Gasteiger partial charge in [0.1, 0.15) is 5.82 Å². The van der Waals surface area contributed by atoms with Crippen LogP contribution in [0.2, 0.25) is 5.02 Å². The maximum atomic E-state index is 13.1. The lowest BCUT2D eigenvalue weighted by molar-refractivity contribution is 0.524. The van der Waals surface area contributed by atoms with Gasteiger partial charge in [0.15, 0.2) is 5.76 Å². The maximum absolute atomic E-state index is 13.1. The number of aromatic nitrogens is 2. The van der Waals surface area contributed by atoms with Crippen molar-refractivity contribution >= 4 is 27.6 Å². The van der Waals surface area contributed by atoms with Gasteiger partial charge in [-0.15, -0.1) is 5.10 Å². The van der Waals surface area contributed by atoms with Crippen molar-refractivity contribution in [2.45, 2.75) is 4.90 Å². The maximum Gasteiger partial charge on any atom is 0.330 e. The average molecular weight is 344 g/mol. The van der Waals surface area contributed by atoms with Crippen LogP contribution in [0.4, 0.5) is 10.4 Å². The molecule has 7 nitrogen and oxygen atoms in total. The topological polar surface area (TPSA) is 98.2 Å². The van der Waals surface area contributed by atoms with E-state index in [9.17, 15) is 12.8 Å². The average Bonchev–Trinajstić information content (AvgIpc) is 3.11. The van der Waals surface area contributed by atoms with Gasteiger partial charge >= 0.3 is 6.01 Å². The predicted molar refractivity (Wildman–Crippen MR) is 74.2 cm³/mol. The summed E-state index contributed by atoms with van der Waals surface area (Å²) in [6.45, 7) is 0. The van der Waals surface area contributed by atoms with Gasteiger partial charge in [0.25, 0.3) is 15.9 Å². The number of hydrogen-bond acceptors (Lipinski definition) is 6. The highest BCUT2D eigenvalue weighted by Gasteiger charge is 2.20. The van der Waals surface area contributed by atoms with Crippen LogP contribution in [0, 0.1) is 5.82 Å². The Labute approximate surface area is 128 Å². The Balaban J connectivity index is 1.87. The lowest BCUT2D eigenvalue weighted by atomic mass is 10.3. The van der Waals surface area contributed by atoms with Gasteiger partial charge in [0.05, 0.1) is 16.2 Å². The second-order valence-electron chi connectivity index (χ2n) is 4.07. The van der Waals surface area contributed by atoms with Crippen LogP contribution < -0.4 is 4.72 Å². The summed E-state index contributed by atoms with van der Waals surface area (Å²) < 4.78 is 49.6. The van der Waals surface area contributed by atoms with Gasteiger partial charge in [-0.2, -0.15) is 0 Å². The van der Waals surface area contributed by atoms with E-state index in [2.05, 4.69) is 14.9 Å². The zero-order valence-electron chi connectivity index (χ0n) is 10.7. The summed E-state index contributed by atoms with van der Waals surface area (Å²) in [4.78, 5) is -0.239. The largest absolute Gasteiger partial charge is 0.459 e. The van der Waals surface area contributed by atoms with Crippen LogP contribution in [0.5, 0.6) is 0 Å². The van der Waals surface area contributed by atoms with Crippen LogP contribution in [0.25, 0.3) is 11.7 Å². The summed E-state index contributed by atoms with van der Waals surface area (Å²) in [7, 11) is -4.04. The molecule has 0 fully saturated rings. The molecule has 3 rings (SSSR count). The number of anilines is 1. The Bertz CT molecular complexity index is 908. The fourth-order valence-electron chi connectivity index (χ4n) is 1.58. The van der Waals surface area contributed by atoms with E-state index in [0.29, 0.717) is 5.76 Å². The van der Waals surface area contributed by atoms with Crippen molar-refractivity contribution in [1.29, 1.82) is 0 Å². The van der Waals surface area contributed by atoms with Gasteiger partial charge < -0.3 is 8.83 Å². The highest BCUT2D eigenvalue weighted by Crippen LogP contribution is 2.23. The van der Waals surface area contributed by atoms with E-state index in [4.69, 9.17) is 20.4 Å². The normalized spacial score (nSPS) is 11.5. The first-order valence-electron chi connectivity index (χ1n) is 5.81. The number of furan rings is 1. The Hall–Kier alpha value is -2.39. The lowest BCUT2D eigenvalue weighted by Crippen LogP contribution is -2.13.